The van der Waals surface area contributed by atoms with Crippen LogP contribution in [0.5, 0.6) is 0 Å². The molecule has 2 rings (SSSR count). The fraction of sp³-hybridized carbons (Fsp3) is 0.895. The molecule has 6 heteroatoms. The zero-order valence-electron chi connectivity index (χ0n) is 16.5. The van der Waals surface area contributed by atoms with Crippen LogP contribution in [0.25, 0.3) is 0 Å². The van der Waals surface area contributed by atoms with Crippen molar-refractivity contribution < 1.29 is 9.53 Å². The normalized spacial score (nSPS) is 26.6. The van der Waals surface area contributed by atoms with E-state index in [-0.39, 0.29) is 11.9 Å². The molecule has 2 heterocycles. The van der Waals surface area contributed by atoms with Crippen molar-refractivity contribution in [1.82, 2.24) is 15.1 Å². The quantitative estimate of drug-likeness (QED) is 0.449. The molecular weight excluding hydrogens is 316 g/mol. The number of methoxy groups -OCH3 is 1. The first kappa shape index (κ1) is 20.0. The molecule has 1 N–H and O–H groups in total. The van der Waals surface area contributed by atoms with E-state index in [1.54, 1.807) is 0 Å². The van der Waals surface area contributed by atoms with Gasteiger partial charge in [0, 0.05) is 32.7 Å². The van der Waals surface area contributed by atoms with Gasteiger partial charge in [-0.1, -0.05) is 20.3 Å². The van der Waals surface area contributed by atoms with E-state index in [9.17, 15) is 4.79 Å². The van der Waals surface area contributed by atoms with E-state index in [2.05, 4.69) is 35.9 Å². The van der Waals surface area contributed by atoms with Crippen molar-refractivity contribution in [1.29, 1.82) is 0 Å². The molecule has 144 valence electrons. The summed E-state index contributed by atoms with van der Waals surface area (Å²) in [5.41, 5.74) is 0. The number of likely N-dealkylation sites (tertiary alicyclic amines) is 2. The molecule has 0 saturated carbocycles. The van der Waals surface area contributed by atoms with Crippen LogP contribution < -0.4 is 5.32 Å². The summed E-state index contributed by atoms with van der Waals surface area (Å²) >= 11 is 0. The number of hydrogen-bond acceptors (Lipinski definition) is 4. The van der Waals surface area contributed by atoms with Gasteiger partial charge >= 0.3 is 5.97 Å². The number of piperidine rings is 1. The van der Waals surface area contributed by atoms with Crippen LogP contribution in [0.3, 0.4) is 0 Å². The van der Waals surface area contributed by atoms with E-state index >= 15 is 0 Å². The fourth-order valence-electron chi connectivity index (χ4n) is 3.91. The van der Waals surface area contributed by atoms with Gasteiger partial charge in [-0.25, -0.2) is 0 Å². The van der Waals surface area contributed by atoms with Crippen LogP contribution in [-0.2, 0) is 9.53 Å². The maximum atomic E-state index is 11.9. The van der Waals surface area contributed by atoms with E-state index in [0.29, 0.717) is 18.4 Å². The number of carbonyl (C=O) groups excluding carboxylic acids is 1. The Morgan fingerprint density at radius 1 is 1.28 bits per heavy atom. The monoisotopic (exact) mass is 352 g/mol. The van der Waals surface area contributed by atoms with Gasteiger partial charge in [0.2, 0.25) is 0 Å². The molecule has 0 radical (unpaired) electrons. The van der Waals surface area contributed by atoms with Gasteiger partial charge in [-0.3, -0.25) is 9.79 Å². The van der Waals surface area contributed by atoms with Gasteiger partial charge in [-0.2, -0.15) is 0 Å². The van der Waals surface area contributed by atoms with Crippen molar-refractivity contribution in [2.24, 2.45) is 22.7 Å². The van der Waals surface area contributed by atoms with Crippen LogP contribution in [0.1, 0.15) is 40.0 Å². The molecule has 0 bridgehead atoms. The Labute approximate surface area is 153 Å². The molecule has 3 atom stereocenters. The zero-order valence-corrected chi connectivity index (χ0v) is 16.5. The number of ether oxygens (including phenoxy) is 1. The molecule has 0 aromatic heterocycles. The van der Waals surface area contributed by atoms with Crippen LogP contribution >= 0.6 is 0 Å². The summed E-state index contributed by atoms with van der Waals surface area (Å²) in [6, 6.07) is 0. The van der Waals surface area contributed by atoms with E-state index in [4.69, 9.17) is 9.73 Å². The molecule has 3 unspecified atom stereocenters. The number of nitrogens with one attached hydrogen (secondary N) is 1. The minimum absolute atomic E-state index is 0.0559. The molecule has 2 saturated heterocycles. The number of hydrogen-bond donors (Lipinski definition) is 1. The minimum atomic E-state index is -0.107. The minimum Gasteiger partial charge on any atom is -0.469 e. The van der Waals surface area contributed by atoms with Crippen LogP contribution in [-0.4, -0.2) is 74.7 Å². The molecule has 0 aromatic rings. The molecule has 2 aliphatic rings. The lowest BCUT2D eigenvalue weighted by atomic mass is 9.99. The molecule has 25 heavy (non-hydrogen) atoms. The third-order valence-electron chi connectivity index (χ3n) is 5.32. The highest BCUT2D eigenvalue weighted by Gasteiger charge is 2.36. The summed E-state index contributed by atoms with van der Waals surface area (Å²) in [6.45, 7) is 13.3. The second kappa shape index (κ2) is 10.00. The van der Waals surface area contributed by atoms with Crippen LogP contribution in [0.4, 0.5) is 0 Å². The summed E-state index contributed by atoms with van der Waals surface area (Å²) in [5, 5.41) is 3.39. The first-order valence-corrected chi connectivity index (χ1v) is 9.88. The Morgan fingerprint density at radius 3 is 2.64 bits per heavy atom. The van der Waals surface area contributed by atoms with Crippen molar-refractivity contribution >= 4 is 11.9 Å². The zero-order chi connectivity index (χ0) is 18.2. The smallest absolute Gasteiger partial charge is 0.310 e. The second-order valence-corrected chi connectivity index (χ2v) is 7.67. The SMILES string of the molecule is CCNC(=NCC(C)CN1CCCCC1)N1CC(C)C(C(=O)OC)C1. The Bertz CT molecular complexity index is 449. The summed E-state index contributed by atoms with van der Waals surface area (Å²) < 4.78 is 4.94. The summed E-state index contributed by atoms with van der Waals surface area (Å²) in [7, 11) is 1.47. The lowest BCUT2D eigenvalue weighted by molar-refractivity contribution is -0.145. The van der Waals surface area contributed by atoms with Crippen molar-refractivity contribution in [2.75, 3.05) is 52.9 Å². The van der Waals surface area contributed by atoms with Gasteiger partial charge in [-0.05, 0) is 44.7 Å². The first-order chi connectivity index (χ1) is 12.0. The molecule has 2 fully saturated rings. The number of carbonyl (C=O) groups is 1. The maximum absolute atomic E-state index is 11.9. The fourth-order valence-corrected chi connectivity index (χ4v) is 3.91. The van der Waals surface area contributed by atoms with E-state index in [0.717, 1.165) is 32.1 Å². The molecule has 0 aliphatic carbocycles. The van der Waals surface area contributed by atoms with Crippen molar-refractivity contribution in [3.05, 3.63) is 0 Å². The van der Waals surface area contributed by atoms with Crippen LogP contribution in [0.2, 0.25) is 0 Å². The third kappa shape index (κ3) is 5.87. The van der Waals surface area contributed by atoms with E-state index in [1.807, 2.05) is 0 Å². The summed E-state index contributed by atoms with van der Waals surface area (Å²) in [4.78, 5) is 21.6. The highest BCUT2D eigenvalue weighted by atomic mass is 16.5. The number of guanidine groups is 1. The van der Waals surface area contributed by atoms with Gasteiger partial charge in [0.1, 0.15) is 0 Å². The average molecular weight is 353 g/mol. The highest BCUT2D eigenvalue weighted by Crippen LogP contribution is 2.24. The van der Waals surface area contributed by atoms with Gasteiger partial charge < -0.3 is 19.9 Å². The lowest BCUT2D eigenvalue weighted by Crippen LogP contribution is -2.41. The van der Waals surface area contributed by atoms with Crippen LogP contribution in [0.15, 0.2) is 4.99 Å². The third-order valence-corrected chi connectivity index (χ3v) is 5.32. The molecular formula is C19H36N4O2. The van der Waals surface area contributed by atoms with Crippen molar-refractivity contribution in [2.45, 2.75) is 40.0 Å². The predicted molar refractivity (Wildman–Crippen MR) is 102 cm³/mol. The number of rotatable bonds is 6. The molecule has 6 nitrogen and oxygen atoms in total. The lowest BCUT2D eigenvalue weighted by Gasteiger charge is -2.29. The largest absolute Gasteiger partial charge is 0.469 e. The number of aliphatic imine (C=N–C) groups is 1. The Morgan fingerprint density at radius 2 is 2.00 bits per heavy atom. The van der Waals surface area contributed by atoms with Crippen molar-refractivity contribution in [3.63, 3.8) is 0 Å². The molecule has 0 spiro atoms. The van der Waals surface area contributed by atoms with Gasteiger partial charge in [0.25, 0.3) is 0 Å². The number of esters is 1. The van der Waals surface area contributed by atoms with E-state index < -0.39 is 0 Å². The van der Waals surface area contributed by atoms with Crippen LogP contribution in [0, 0.1) is 17.8 Å². The standard InChI is InChI=1S/C19H36N4O2/c1-5-20-19(23-13-16(3)17(14-23)18(24)25-4)21-11-15(2)12-22-9-7-6-8-10-22/h15-17H,5-14H2,1-4H3,(H,20,21). The van der Waals surface area contributed by atoms with Crippen molar-refractivity contribution in [3.8, 4) is 0 Å². The van der Waals surface area contributed by atoms with Gasteiger partial charge in [0.15, 0.2) is 5.96 Å². The summed E-state index contributed by atoms with van der Waals surface area (Å²) in [6.07, 6.45) is 4.04. The molecule has 0 aromatic carbocycles. The topological polar surface area (TPSA) is 57.2 Å². The predicted octanol–water partition coefficient (Wildman–Crippen LogP) is 1.81. The highest BCUT2D eigenvalue weighted by molar-refractivity contribution is 5.82. The second-order valence-electron chi connectivity index (χ2n) is 7.67. The van der Waals surface area contributed by atoms with Gasteiger partial charge in [-0.15, -0.1) is 0 Å². The molecule has 2 aliphatic heterocycles. The van der Waals surface area contributed by atoms with E-state index in [1.165, 1.54) is 39.5 Å². The average Bonchev–Trinajstić information content (AvgIpc) is 3.00. The number of nitrogens with zero attached hydrogens (tertiary/aromatic N) is 3. The molecule has 0 amide bonds. The Kier molecular flexibility index (Phi) is 8.00. The Balaban J connectivity index is 1.90. The summed E-state index contributed by atoms with van der Waals surface area (Å²) in [5.74, 6) is 1.61. The maximum Gasteiger partial charge on any atom is 0.310 e. The van der Waals surface area contributed by atoms with Gasteiger partial charge in [0.05, 0.1) is 13.0 Å². The Hall–Kier alpha value is -1.30. The first-order valence-electron chi connectivity index (χ1n) is 9.88.